The van der Waals surface area contributed by atoms with E-state index in [-0.39, 0.29) is 0 Å². The molecule has 0 aliphatic carbocycles. The van der Waals surface area contributed by atoms with E-state index in [1.807, 2.05) is 13.0 Å². The van der Waals surface area contributed by atoms with Crippen molar-refractivity contribution in [1.29, 1.82) is 0 Å². The van der Waals surface area contributed by atoms with Crippen molar-refractivity contribution in [2.24, 2.45) is 0 Å². The molecule has 1 aromatic heterocycles. The van der Waals surface area contributed by atoms with Crippen molar-refractivity contribution in [3.8, 4) is 0 Å². The zero-order chi connectivity index (χ0) is 12.6. The van der Waals surface area contributed by atoms with Crippen molar-refractivity contribution >= 4 is 11.7 Å². The number of hydrogen-bond acceptors (Lipinski definition) is 3. The van der Waals surface area contributed by atoms with Crippen molar-refractivity contribution in [1.82, 2.24) is 4.98 Å². The monoisotopic (exact) mass is 234 g/mol. The molecule has 1 aliphatic heterocycles. The van der Waals surface area contributed by atoms with E-state index in [4.69, 9.17) is 0 Å². The second-order valence-corrected chi connectivity index (χ2v) is 4.73. The van der Waals surface area contributed by atoms with Gasteiger partial charge in [0.05, 0.1) is 11.4 Å². The molecule has 4 heteroatoms. The van der Waals surface area contributed by atoms with Crippen LogP contribution >= 0.6 is 0 Å². The van der Waals surface area contributed by atoms with Gasteiger partial charge >= 0.3 is 5.97 Å². The molecule has 1 aliphatic rings. The number of hydrogen-bond donors (Lipinski definition) is 1. The van der Waals surface area contributed by atoms with Gasteiger partial charge < -0.3 is 10.0 Å². The maximum absolute atomic E-state index is 11.4. The quantitative estimate of drug-likeness (QED) is 0.853. The van der Waals surface area contributed by atoms with Crippen LogP contribution in [0.3, 0.4) is 0 Å². The standard InChI is InChI=1S/C13H18N2O2/c1-8-7-11(15-6-4-5-9(15)2)12(13(16)17)10(3)14-8/h7,9H,4-6H2,1-3H3,(H,16,17). The number of carboxylic acid groups (broad SMARTS) is 1. The first-order chi connectivity index (χ1) is 8.00. The van der Waals surface area contributed by atoms with E-state index < -0.39 is 5.97 Å². The Bertz CT molecular complexity index is 457. The van der Waals surface area contributed by atoms with Gasteiger partial charge in [0.25, 0.3) is 0 Å². The number of rotatable bonds is 2. The minimum absolute atomic E-state index is 0.351. The molecule has 1 N–H and O–H groups in total. The molecular weight excluding hydrogens is 216 g/mol. The normalized spacial score (nSPS) is 19.7. The van der Waals surface area contributed by atoms with Gasteiger partial charge in [-0.05, 0) is 39.7 Å². The fraction of sp³-hybridized carbons (Fsp3) is 0.538. The number of aromatic nitrogens is 1. The highest BCUT2D eigenvalue weighted by Gasteiger charge is 2.26. The Morgan fingerprint density at radius 1 is 1.53 bits per heavy atom. The summed E-state index contributed by atoms with van der Waals surface area (Å²) >= 11 is 0. The Kier molecular flexibility index (Phi) is 3.05. The van der Waals surface area contributed by atoms with Crippen molar-refractivity contribution in [3.63, 3.8) is 0 Å². The van der Waals surface area contributed by atoms with Crippen molar-refractivity contribution in [2.45, 2.75) is 39.7 Å². The lowest BCUT2D eigenvalue weighted by molar-refractivity contribution is 0.0696. The van der Waals surface area contributed by atoms with E-state index in [0.717, 1.165) is 30.8 Å². The first kappa shape index (κ1) is 11.9. The van der Waals surface area contributed by atoms with Crippen LogP contribution < -0.4 is 4.90 Å². The lowest BCUT2D eigenvalue weighted by Gasteiger charge is -2.26. The topological polar surface area (TPSA) is 53.4 Å². The molecule has 2 rings (SSSR count). The lowest BCUT2D eigenvalue weighted by Crippen LogP contribution is -2.28. The van der Waals surface area contributed by atoms with Crippen molar-refractivity contribution < 1.29 is 9.90 Å². The Morgan fingerprint density at radius 3 is 2.76 bits per heavy atom. The molecule has 1 aromatic rings. The summed E-state index contributed by atoms with van der Waals surface area (Å²) in [5, 5.41) is 9.32. The van der Waals surface area contributed by atoms with Gasteiger partial charge in [0.2, 0.25) is 0 Å². The molecule has 2 heterocycles. The van der Waals surface area contributed by atoms with E-state index in [1.165, 1.54) is 0 Å². The van der Waals surface area contributed by atoms with E-state index in [2.05, 4.69) is 16.8 Å². The third-order valence-electron chi connectivity index (χ3n) is 3.38. The van der Waals surface area contributed by atoms with E-state index in [1.54, 1.807) is 6.92 Å². The maximum atomic E-state index is 11.4. The van der Waals surface area contributed by atoms with E-state index >= 15 is 0 Å². The Balaban J connectivity index is 2.54. The summed E-state index contributed by atoms with van der Waals surface area (Å²) in [6.45, 7) is 6.75. The van der Waals surface area contributed by atoms with Crippen LogP contribution in [0.25, 0.3) is 0 Å². The van der Waals surface area contributed by atoms with Crippen LogP contribution in [-0.4, -0.2) is 28.6 Å². The highest BCUT2D eigenvalue weighted by atomic mass is 16.4. The minimum Gasteiger partial charge on any atom is -0.478 e. The molecule has 1 fully saturated rings. The molecule has 1 saturated heterocycles. The summed E-state index contributed by atoms with van der Waals surface area (Å²) in [4.78, 5) is 17.8. The fourth-order valence-electron chi connectivity index (χ4n) is 2.59. The molecule has 0 saturated carbocycles. The Hall–Kier alpha value is -1.58. The molecule has 17 heavy (non-hydrogen) atoms. The lowest BCUT2D eigenvalue weighted by atomic mass is 10.1. The van der Waals surface area contributed by atoms with Crippen LogP contribution in [0, 0.1) is 13.8 Å². The van der Waals surface area contributed by atoms with Crippen LogP contribution in [0.2, 0.25) is 0 Å². The largest absolute Gasteiger partial charge is 0.478 e. The summed E-state index contributed by atoms with van der Waals surface area (Å²) < 4.78 is 0. The van der Waals surface area contributed by atoms with E-state index in [0.29, 0.717) is 17.3 Å². The average molecular weight is 234 g/mol. The van der Waals surface area contributed by atoms with Gasteiger partial charge in [-0.15, -0.1) is 0 Å². The van der Waals surface area contributed by atoms with Gasteiger partial charge in [-0.2, -0.15) is 0 Å². The molecule has 0 radical (unpaired) electrons. The number of anilines is 1. The Morgan fingerprint density at radius 2 is 2.24 bits per heavy atom. The number of pyridine rings is 1. The number of aryl methyl sites for hydroxylation is 2. The van der Waals surface area contributed by atoms with Crippen LogP contribution in [-0.2, 0) is 0 Å². The van der Waals surface area contributed by atoms with Gasteiger partial charge in [0, 0.05) is 18.3 Å². The smallest absolute Gasteiger partial charge is 0.339 e. The molecule has 0 spiro atoms. The van der Waals surface area contributed by atoms with Crippen molar-refractivity contribution in [3.05, 3.63) is 23.0 Å². The summed E-state index contributed by atoms with van der Waals surface area (Å²) in [5.41, 5.74) is 2.66. The zero-order valence-electron chi connectivity index (χ0n) is 10.5. The maximum Gasteiger partial charge on any atom is 0.339 e. The first-order valence-corrected chi connectivity index (χ1v) is 5.99. The van der Waals surface area contributed by atoms with Crippen molar-refractivity contribution in [2.75, 3.05) is 11.4 Å². The molecule has 92 valence electrons. The predicted molar refractivity (Wildman–Crippen MR) is 66.7 cm³/mol. The molecular formula is C13H18N2O2. The average Bonchev–Trinajstić information content (AvgIpc) is 2.62. The molecule has 0 amide bonds. The number of carboxylic acids is 1. The van der Waals surface area contributed by atoms with Crippen LogP contribution in [0.4, 0.5) is 5.69 Å². The summed E-state index contributed by atoms with van der Waals surface area (Å²) in [6, 6.07) is 2.30. The molecule has 0 bridgehead atoms. The second kappa shape index (κ2) is 4.35. The van der Waals surface area contributed by atoms with Crippen LogP contribution in [0.15, 0.2) is 6.07 Å². The van der Waals surface area contributed by atoms with Gasteiger partial charge in [0.1, 0.15) is 5.56 Å². The zero-order valence-corrected chi connectivity index (χ0v) is 10.5. The number of nitrogens with zero attached hydrogens (tertiary/aromatic N) is 2. The third-order valence-corrected chi connectivity index (χ3v) is 3.38. The molecule has 0 aromatic carbocycles. The third kappa shape index (κ3) is 2.12. The highest BCUT2D eigenvalue weighted by molar-refractivity contribution is 5.95. The van der Waals surface area contributed by atoms with Gasteiger partial charge in [-0.1, -0.05) is 0 Å². The molecule has 4 nitrogen and oxygen atoms in total. The summed E-state index contributed by atoms with van der Waals surface area (Å²) in [7, 11) is 0. The molecule has 1 atom stereocenters. The summed E-state index contributed by atoms with van der Waals surface area (Å²) in [5.74, 6) is -0.885. The summed E-state index contributed by atoms with van der Waals surface area (Å²) in [6.07, 6.45) is 2.25. The predicted octanol–water partition coefficient (Wildman–Crippen LogP) is 2.39. The number of carbonyl (C=O) groups is 1. The second-order valence-electron chi connectivity index (χ2n) is 4.73. The molecule has 1 unspecified atom stereocenters. The van der Waals surface area contributed by atoms with Crippen LogP contribution in [0.5, 0.6) is 0 Å². The fourth-order valence-corrected chi connectivity index (χ4v) is 2.59. The van der Waals surface area contributed by atoms with Gasteiger partial charge in [0.15, 0.2) is 0 Å². The highest BCUT2D eigenvalue weighted by Crippen LogP contribution is 2.30. The van der Waals surface area contributed by atoms with Gasteiger partial charge in [-0.3, -0.25) is 4.98 Å². The first-order valence-electron chi connectivity index (χ1n) is 5.99. The van der Waals surface area contributed by atoms with E-state index in [9.17, 15) is 9.90 Å². The SMILES string of the molecule is Cc1cc(N2CCCC2C)c(C(=O)O)c(C)n1. The minimum atomic E-state index is -0.885. The Labute approximate surface area is 101 Å². The number of aromatic carboxylic acids is 1. The van der Waals surface area contributed by atoms with Gasteiger partial charge in [-0.25, -0.2) is 4.79 Å². The van der Waals surface area contributed by atoms with Crippen LogP contribution in [0.1, 0.15) is 41.5 Å².